The largest absolute Gasteiger partial charge is 0.478 e. The van der Waals surface area contributed by atoms with E-state index in [0.717, 1.165) is 9.79 Å². The number of aromatic carboxylic acids is 2. The van der Waals surface area contributed by atoms with E-state index in [9.17, 15) is 9.59 Å². The molecular formula is C14H8Br2O4S. The molecule has 0 heterocycles. The van der Waals surface area contributed by atoms with Crippen LogP contribution in [0.2, 0.25) is 0 Å². The van der Waals surface area contributed by atoms with E-state index in [-0.39, 0.29) is 11.1 Å². The number of hydrogen-bond acceptors (Lipinski definition) is 3. The highest BCUT2D eigenvalue weighted by Gasteiger charge is 2.11. The van der Waals surface area contributed by atoms with Gasteiger partial charge in [0, 0.05) is 18.7 Å². The molecule has 0 aromatic heterocycles. The van der Waals surface area contributed by atoms with Gasteiger partial charge in [-0.2, -0.15) is 0 Å². The molecule has 0 radical (unpaired) electrons. The lowest BCUT2D eigenvalue weighted by Gasteiger charge is -2.06. The number of halogens is 2. The third-order valence-corrected chi connectivity index (χ3v) is 4.87. The second-order valence-corrected chi connectivity index (χ2v) is 6.85. The molecule has 108 valence electrons. The van der Waals surface area contributed by atoms with Crippen LogP contribution in [0.25, 0.3) is 0 Å². The van der Waals surface area contributed by atoms with Crippen molar-refractivity contribution < 1.29 is 19.8 Å². The van der Waals surface area contributed by atoms with Crippen LogP contribution >= 0.6 is 43.6 Å². The van der Waals surface area contributed by atoms with E-state index in [1.54, 1.807) is 24.3 Å². The highest BCUT2D eigenvalue weighted by Crippen LogP contribution is 2.33. The maximum Gasteiger partial charge on any atom is 0.336 e. The monoisotopic (exact) mass is 430 g/mol. The molecule has 7 heteroatoms. The molecule has 21 heavy (non-hydrogen) atoms. The average molecular weight is 432 g/mol. The molecule has 0 bridgehead atoms. The third kappa shape index (κ3) is 3.87. The Balaban J connectivity index is 2.26. The Morgan fingerprint density at radius 2 is 1.19 bits per heavy atom. The van der Waals surface area contributed by atoms with Gasteiger partial charge in [0.1, 0.15) is 0 Å². The van der Waals surface area contributed by atoms with Crippen molar-refractivity contribution in [3.8, 4) is 0 Å². The summed E-state index contributed by atoms with van der Waals surface area (Å²) in [6, 6.07) is 9.89. The first-order chi connectivity index (χ1) is 9.88. The van der Waals surface area contributed by atoms with Crippen LogP contribution in [0, 0.1) is 0 Å². The predicted octanol–water partition coefficient (Wildman–Crippen LogP) is 4.76. The summed E-state index contributed by atoms with van der Waals surface area (Å²) >= 11 is 7.86. The highest BCUT2D eigenvalue weighted by atomic mass is 79.9. The van der Waals surface area contributed by atoms with Crippen LogP contribution < -0.4 is 0 Å². The van der Waals surface area contributed by atoms with E-state index < -0.39 is 11.9 Å². The lowest BCUT2D eigenvalue weighted by Crippen LogP contribution is -1.97. The molecule has 0 saturated carbocycles. The van der Waals surface area contributed by atoms with Crippen molar-refractivity contribution in [3.63, 3.8) is 0 Å². The van der Waals surface area contributed by atoms with E-state index in [4.69, 9.17) is 10.2 Å². The van der Waals surface area contributed by atoms with Crippen molar-refractivity contribution in [1.29, 1.82) is 0 Å². The summed E-state index contributed by atoms with van der Waals surface area (Å²) in [5, 5.41) is 17.9. The van der Waals surface area contributed by atoms with Gasteiger partial charge in [-0.05, 0) is 68.3 Å². The van der Waals surface area contributed by atoms with Gasteiger partial charge in [-0.1, -0.05) is 11.8 Å². The highest BCUT2D eigenvalue weighted by molar-refractivity contribution is 9.10. The van der Waals surface area contributed by atoms with Crippen molar-refractivity contribution in [2.45, 2.75) is 9.79 Å². The Hall–Kier alpha value is -1.31. The smallest absolute Gasteiger partial charge is 0.336 e. The Bertz CT molecular complexity index is 669. The standard InChI is InChI=1S/C14H8Br2O4S/c15-11-5-7(1-3-9(11)13(17)18)21-8-2-4-10(14(19)20)12(16)6-8/h1-6H,(H,17,18)(H,19,20). The number of carboxylic acids is 2. The fourth-order valence-electron chi connectivity index (χ4n) is 1.60. The molecule has 0 aliphatic rings. The second-order valence-electron chi connectivity index (χ2n) is 4.00. The number of hydrogen-bond donors (Lipinski definition) is 2. The summed E-state index contributed by atoms with van der Waals surface area (Å²) in [5.41, 5.74) is 0.392. The summed E-state index contributed by atoms with van der Waals surface area (Å²) < 4.78 is 1.00. The molecule has 2 N–H and O–H groups in total. The minimum atomic E-state index is -0.994. The minimum Gasteiger partial charge on any atom is -0.478 e. The minimum absolute atomic E-state index is 0.196. The molecule has 0 fully saturated rings. The van der Waals surface area contributed by atoms with Gasteiger partial charge < -0.3 is 10.2 Å². The Morgan fingerprint density at radius 1 is 0.810 bits per heavy atom. The molecule has 0 amide bonds. The van der Waals surface area contributed by atoms with Crippen molar-refractivity contribution in [1.82, 2.24) is 0 Å². The maximum atomic E-state index is 10.9. The van der Waals surface area contributed by atoms with Gasteiger partial charge in [-0.15, -0.1) is 0 Å². The van der Waals surface area contributed by atoms with Crippen LogP contribution in [0.5, 0.6) is 0 Å². The summed E-state index contributed by atoms with van der Waals surface area (Å²) in [6.45, 7) is 0. The van der Waals surface area contributed by atoms with Crippen LogP contribution in [0.3, 0.4) is 0 Å². The predicted molar refractivity (Wildman–Crippen MR) is 86.3 cm³/mol. The molecular weight excluding hydrogens is 424 g/mol. The zero-order chi connectivity index (χ0) is 15.6. The van der Waals surface area contributed by atoms with Gasteiger partial charge in [-0.3, -0.25) is 0 Å². The van der Waals surface area contributed by atoms with Gasteiger partial charge in [-0.25, -0.2) is 9.59 Å². The van der Waals surface area contributed by atoms with E-state index in [0.29, 0.717) is 8.95 Å². The van der Waals surface area contributed by atoms with Gasteiger partial charge in [0.05, 0.1) is 11.1 Å². The molecule has 2 aromatic rings. The zero-order valence-corrected chi connectivity index (χ0v) is 14.3. The molecule has 0 aliphatic heterocycles. The Labute approximate surface area is 141 Å². The van der Waals surface area contributed by atoms with Crippen molar-refractivity contribution in [2.75, 3.05) is 0 Å². The lowest BCUT2D eigenvalue weighted by molar-refractivity contribution is 0.0685. The second kappa shape index (κ2) is 6.64. The van der Waals surface area contributed by atoms with Gasteiger partial charge >= 0.3 is 11.9 Å². The normalized spacial score (nSPS) is 10.4. The van der Waals surface area contributed by atoms with Crippen LogP contribution in [0.15, 0.2) is 55.1 Å². The van der Waals surface area contributed by atoms with Crippen molar-refractivity contribution in [3.05, 3.63) is 56.5 Å². The van der Waals surface area contributed by atoms with Gasteiger partial charge in [0.25, 0.3) is 0 Å². The summed E-state index contributed by atoms with van der Waals surface area (Å²) in [7, 11) is 0. The van der Waals surface area contributed by atoms with Crippen LogP contribution in [0.4, 0.5) is 0 Å². The first-order valence-corrected chi connectivity index (χ1v) is 8.02. The molecule has 0 spiro atoms. The first kappa shape index (κ1) is 16.1. The number of benzene rings is 2. The first-order valence-electron chi connectivity index (χ1n) is 5.62. The van der Waals surface area contributed by atoms with Gasteiger partial charge in [0.15, 0.2) is 0 Å². The van der Waals surface area contributed by atoms with E-state index in [1.165, 1.54) is 23.9 Å². The zero-order valence-electron chi connectivity index (χ0n) is 10.3. The third-order valence-electron chi connectivity index (χ3n) is 2.58. The van der Waals surface area contributed by atoms with Crippen LogP contribution in [-0.4, -0.2) is 22.2 Å². The summed E-state index contributed by atoms with van der Waals surface area (Å²) in [4.78, 5) is 23.6. The fraction of sp³-hybridized carbons (Fsp3) is 0. The molecule has 2 rings (SSSR count). The molecule has 4 nitrogen and oxygen atoms in total. The Morgan fingerprint density at radius 3 is 1.48 bits per heavy atom. The topological polar surface area (TPSA) is 74.6 Å². The SMILES string of the molecule is O=C(O)c1ccc(Sc2ccc(C(=O)O)c(Br)c2)cc1Br. The number of carbonyl (C=O) groups is 2. The van der Waals surface area contributed by atoms with Crippen molar-refractivity contribution >= 4 is 55.6 Å². The van der Waals surface area contributed by atoms with E-state index in [1.807, 2.05) is 0 Å². The van der Waals surface area contributed by atoms with E-state index >= 15 is 0 Å². The van der Waals surface area contributed by atoms with Crippen LogP contribution in [-0.2, 0) is 0 Å². The maximum absolute atomic E-state index is 10.9. The molecule has 0 aliphatic carbocycles. The number of carboxylic acid groups (broad SMARTS) is 2. The average Bonchev–Trinajstić information content (AvgIpc) is 2.37. The number of rotatable bonds is 4. The quantitative estimate of drug-likeness (QED) is 0.729. The van der Waals surface area contributed by atoms with E-state index in [2.05, 4.69) is 31.9 Å². The summed E-state index contributed by atoms with van der Waals surface area (Å²) in [6.07, 6.45) is 0. The van der Waals surface area contributed by atoms with Crippen LogP contribution in [0.1, 0.15) is 20.7 Å². The molecule has 0 unspecified atom stereocenters. The molecule has 0 saturated heterocycles. The molecule has 0 atom stereocenters. The molecule has 2 aromatic carbocycles. The fourth-order valence-corrected chi connectivity index (χ4v) is 3.90. The Kier molecular flexibility index (Phi) is 5.08. The summed E-state index contributed by atoms with van der Waals surface area (Å²) in [5.74, 6) is -1.99. The van der Waals surface area contributed by atoms with Gasteiger partial charge in [0.2, 0.25) is 0 Å². The lowest BCUT2D eigenvalue weighted by atomic mass is 10.2. The van der Waals surface area contributed by atoms with Crippen molar-refractivity contribution in [2.24, 2.45) is 0 Å².